The largest absolute Gasteiger partial charge is 0.457 e. The Morgan fingerprint density at radius 3 is 2.55 bits per heavy atom. The predicted octanol–water partition coefficient (Wildman–Crippen LogP) is 2.97. The van der Waals surface area contributed by atoms with E-state index in [1.807, 2.05) is 30.3 Å². The van der Waals surface area contributed by atoms with E-state index < -0.39 is 22.6 Å². The molecule has 11 nitrogen and oxygen atoms in total. The summed E-state index contributed by atoms with van der Waals surface area (Å²) in [5.41, 5.74) is 1.39. The van der Waals surface area contributed by atoms with Crippen LogP contribution in [-0.2, 0) is 19.1 Å². The molecule has 2 aromatic heterocycles. The van der Waals surface area contributed by atoms with Crippen molar-refractivity contribution in [3.05, 3.63) is 78.2 Å². The van der Waals surface area contributed by atoms with Crippen LogP contribution in [0, 0.1) is 0 Å². The number of amides is 1. The number of likely N-dealkylation sites (tertiary alicyclic amines) is 1. The number of hydrogen-bond acceptors (Lipinski definition) is 9. The molecule has 1 fully saturated rings. The summed E-state index contributed by atoms with van der Waals surface area (Å²) in [6, 6.07) is 16.1. The molecule has 1 amide bonds. The molecule has 0 radical (unpaired) electrons. The Labute approximate surface area is 218 Å². The number of carbonyl (C=O) groups excluding carboxylic acids is 2. The average Bonchev–Trinajstić information content (AvgIpc) is 3.56. The summed E-state index contributed by atoms with van der Waals surface area (Å²) >= 11 is 0. The molecule has 0 saturated carbocycles. The van der Waals surface area contributed by atoms with Crippen LogP contribution in [0.25, 0.3) is 11.0 Å². The van der Waals surface area contributed by atoms with E-state index in [4.69, 9.17) is 4.74 Å². The van der Waals surface area contributed by atoms with E-state index in [-0.39, 0.29) is 11.8 Å². The Kier molecular flexibility index (Phi) is 7.07. The molecule has 2 aromatic carbocycles. The number of benzene rings is 2. The SMILES string of the molecule is CS(=O)(=O)OCC(=O)N1CCC(Nc2ncnc3[nH]cc(C(=O)c4ccc(Oc5ccccc5)cc4)c23)C1. The fraction of sp³-hybridized carbons (Fsp3) is 0.231. The maximum absolute atomic E-state index is 13.4. The van der Waals surface area contributed by atoms with Gasteiger partial charge >= 0.3 is 0 Å². The lowest BCUT2D eigenvalue weighted by atomic mass is 10.0. The Balaban J connectivity index is 1.30. The van der Waals surface area contributed by atoms with Crippen LogP contribution in [0.15, 0.2) is 67.1 Å². The number of H-pyrrole nitrogens is 1. The number of ketones is 1. The molecule has 4 aromatic rings. The number of anilines is 1. The van der Waals surface area contributed by atoms with Crippen molar-refractivity contribution < 1.29 is 26.9 Å². The second kappa shape index (κ2) is 10.6. The molecule has 3 heterocycles. The van der Waals surface area contributed by atoms with Crippen molar-refractivity contribution in [1.29, 1.82) is 0 Å². The minimum Gasteiger partial charge on any atom is -0.457 e. The molecule has 1 unspecified atom stereocenters. The zero-order chi connectivity index (χ0) is 26.7. The molecule has 0 aliphatic carbocycles. The van der Waals surface area contributed by atoms with Crippen LogP contribution in [0.1, 0.15) is 22.3 Å². The van der Waals surface area contributed by atoms with E-state index in [0.29, 0.717) is 59.0 Å². The molecule has 196 valence electrons. The summed E-state index contributed by atoms with van der Waals surface area (Å²) in [5, 5.41) is 3.86. The zero-order valence-electron chi connectivity index (χ0n) is 20.5. The van der Waals surface area contributed by atoms with Gasteiger partial charge in [0.15, 0.2) is 5.78 Å². The van der Waals surface area contributed by atoms with Crippen LogP contribution < -0.4 is 10.1 Å². The van der Waals surface area contributed by atoms with Gasteiger partial charge in [-0.05, 0) is 42.8 Å². The monoisotopic (exact) mass is 535 g/mol. The van der Waals surface area contributed by atoms with E-state index in [2.05, 4.69) is 24.5 Å². The van der Waals surface area contributed by atoms with Crippen LogP contribution in [0.3, 0.4) is 0 Å². The summed E-state index contributed by atoms with van der Waals surface area (Å²) in [6.07, 6.45) is 4.52. The van der Waals surface area contributed by atoms with E-state index >= 15 is 0 Å². The highest BCUT2D eigenvalue weighted by Crippen LogP contribution is 2.28. The fourth-order valence-corrected chi connectivity index (χ4v) is 4.57. The molecule has 0 spiro atoms. The lowest BCUT2D eigenvalue weighted by Gasteiger charge is -2.17. The van der Waals surface area contributed by atoms with Gasteiger partial charge < -0.3 is 19.9 Å². The van der Waals surface area contributed by atoms with Crippen molar-refractivity contribution >= 4 is 38.7 Å². The molecule has 38 heavy (non-hydrogen) atoms. The minimum absolute atomic E-state index is 0.150. The average molecular weight is 536 g/mol. The Morgan fingerprint density at radius 2 is 1.82 bits per heavy atom. The molecule has 1 aliphatic rings. The highest BCUT2D eigenvalue weighted by atomic mass is 32.2. The summed E-state index contributed by atoms with van der Waals surface area (Å²) in [5.74, 6) is 1.16. The third kappa shape index (κ3) is 5.82. The molecule has 0 bridgehead atoms. The number of aromatic nitrogens is 3. The number of nitrogens with one attached hydrogen (secondary N) is 2. The first-order chi connectivity index (χ1) is 18.3. The van der Waals surface area contributed by atoms with Gasteiger partial charge in [0, 0.05) is 30.9 Å². The molecule has 1 atom stereocenters. The third-order valence-corrected chi connectivity index (χ3v) is 6.63. The first-order valence-corrected chi connectivity index (χ1v) is 13.7. The van der Waals surface area contributed by atoms with E-state index in [1.165, 1.54) is 11.2 Å². The lowest BCUT2D eigenvalue weighted by Crippen LogP contribution is -2.34. The van der Waals surface area contributed by atoms with Crippen molar-refractivity contribution in [2.75, 3.05) is 31.3 Å². The Hall–Kier alpha value is -4.29. The maximum atomic E-state index is 13.4. The second-order valence-corrected chi connectivity index (χ2v) is 10.5. The predicted molar refractivity (Wildman–Crippen MR) is 140 cm³/mol. The summed E-state index contributed by atoms with van der Waals surface area (Å²) in [6.45, 7) is 0.247. The van der Waals surface area contributed by atoms with Crippen molar-refractivity contribution in [2.24, 2.45) is 0 Å². The zero-order valence-corrected chi connectivity index (χ0v) is 21.3. The number of aromatic amines is 1. The van der Waals surface area contributed by atoms with Gasteiger partial charge in [0.1, 0.15) is 35.9 Å². The number of fused-ring (bicyclic) bond motifs is 1. The van der Waals surface area contributed by atoms with Gasteiger partial charge in [-0.3, -0.25) is 13.8 Å². The van der Waals surface area contributed by atoms with Crippen molar-refractivity contribution in [2.45, 2.75) is 12.5 Å². The topological polar surface area (TPSA) is 144 Å². The van der Waals surface area contributed by atoms with E-state index in [1.54, 1.807) is 30.5 Å². The number of carbonyl (C=O) groups is 2. The van der Waals surface area contributed by atoms with Gasteiger partial charge in [0.25, 0.3) is 10.1 Å². The van der Waals surface area contributed by atoms with Gasteiger partial charge in [0.05, 0.1) is 17.2 Å². The first-order valence-electron chi connectivity index (χ1n) is 11.9. The maximum Gasteiger partial charge on any atom is 0.264 e. The summed E-state index contributed by atoms with van der Waals surface area (Å²) in [4.78, 5) is 38.9. The van der Waals surface area contributed by atoms with Crippen LogP contribution in [0.5, 0.6) is 11.5 Å². The van der Waals surface area contributed by atoms with Crippen LogP contribution in [-0.4, -0.2) is 72.0 Å². The summed E-state index contributed by atoms with van der Waals surface area (Å²) in [7, 11) is -3.70. The molecular weight excluding hydrogens is 510 g/mol. The molecule has 5 rings (SSSR count). The highest BCUT2D eigenvalue weighted by molar-refractivity contribution is 7.86. The standard InChI is InChI=1S/C26H25N5O6S/c1-38(34,35)36-15-22(32)31-12-11-18(14-31)30-26-23-21(13-27-25(23)28-16-29-26)24(33)17-7-9-20(10-8-17)37-19-5-3-2-4-6-19/h2-10,13,16,18H,11-12,14-15H2,1H3,(H2,27,28,29,30). The molecular formula is C26H25N5O6S. The lowest BCUT2D eigenvalue weighted by molar-refractivity contribution is -0.132. The van der Waals surface area contributed by atoms with Gasteiger partial charge in [0.2, 0.25) is 5.91 Å². The van der Waals surface area contributed by atoms with Crippen LogP contribution in [0.2, 0.25) is 0 Å². The number of rotatable bonds is 9. The normalized spacial score (nSPS) is 15.5. The number of ether oxygens (including phenoxy) is 1. The Morgan fingerprint density at radius 1 is 1.08 bits per heavy atom. The molecule has 1 saturated heterocycles. The number of nitrogens with zero attached hydrogens (tertiary/aromatic N) is 3. The third-order valence-electron chi connectivity index (χ3n) is 6.09. The highest BCUT2D eigenvalue weighted by Gasteiger charge is 2.28. The summed E-state index contributed by atoms with van der Waals surface area (Å²) < 4.78 is 32.8. The van der Waals surface area contributed by atoms with E-state index in [0.717, 1.165) is 6.26 Å². The minimum atomic E-state index is -3.70. The second-order valence-electron chi connectivity index (χ2n) is 8.85. The van der Waals surface area contributed by atoms with Crippen molar-refractivity contribution in [3.63, 3.8) is 0 Å². The number of para-hydroxylation sites is 1. The molecule has 2 N–H and O–H groups in total. The first kappa shape index (κ1) is 25.4. The van der Waals surface area contributed by atoms with Crippen molar-refractivity contribution in [3.8, 4) is 11.5 Å². The van der Waals surface area contributed by atoms with Crippen LogP contribution in [0.4, 0.5) is 5.82 Å². The molecule has 12 heteroatoms. The van der Waals surface area contributed by atoms with Crippen molar-refractivity contribution in [1.82, 2.24) is 19.9 Å². The van der Waals surface area contributed by atoms with E-state index in [9.17, 15) is 18.0 Å². The Bertz CT molecular complexity index is 1570. The number of hydrogen-bond donors (Lipinski definition) is 2. The van der Waals surface area contributed by atoms with Crippen LogP contribution >= 0.6 is 0 Å². The smallest absolute Gasteiger partial charge is 0.264 e. The quantitative estimate of drug-likeness (QED) is 0.244. The van der Waals surface area contributed by atoms with Gasteiger partial charge in [-0.2, -0.15) is 8.42 Å². The van der Waals surface area contributed by atoms with Gasteiger partial charge in [-0.1, -0.05) is 18.2 Å². The molecule has 1 aliphatic heterocycles. The van der Waals surface area contributed by atoms with Gasteiger partial charge in [-0.25, -0.2) is 9.97 Å². The fourth-order valence-electron chi connectivity index (χ4n) is 4.25. The van der Waals surface area contributed by atoms with Gasteiger partial charge in [-0.15, -0.1) is 0 Å².